The Bertz CT molecular complexity index is 947. The Morgan fingerprint density at radius 1 is 1.31 bits per heavy atom. The van der Waals surface area contributed by atoms with Crippen LogP contribution in [0.3, 0.4) is 0 Å². The number of pyridine rings is 1. The molecule has 3 aromatic rings. The number of methoxy groups -OCH3 is 1. The number of nitrogens with zero attached hydrogens (tertiary/aromatic N) is 3. The van der Waals surface area contributed by atoms with Crippen molar-refractivity contribution >= 4 is 58.1 Å². The van der Waals surface area contributed by atoms with Crippen molar-refractivity contribution in [2.75, 3.05) is 7.11 Å². The van der Waals surface area contributed by atoms with E-state index in [4.69, 9.17) is 21.4 Å². The van der Waals surface area contributed by atoms with E-state index in [9.17, 15) is 4.79 Å². The van der Waals surface area contributed by atoms with Gasteiger partial charge in [0, 0.05) is 0 Å². The van der Waals surface area contributed by atoms with Gasteiger partial charge in [-0.05, 0) is 0 Å². The maximum absolute atomic E-state index is 12.2. The van der Waals surface area contributed by atoms with E-state index in [2.05, 4.69) is 27.8 Å². The number of rotatable bonds is 5. The van der Waals surface area contributed by atoms with Gasteiger partial charge in [-0.15, -0.1) is 0 Å². The van der Waals surface area contributed by atoms with Gasteiger partial charge in [0.1, 0.15) is 0 Å². The minimum atomic E-state index is -0.545. The number of carbonyl (C=O) groups is 1. The fourth-order valence-electron chi connectivity index (χ4n) is 2.41. The van der Waals surface area contributed by atoms with Crippen molar-refractivity contribution in [2.45, 2.75) is 13.3 Å². The molecule has 0 saturated carbocycles. The molecular formula is C18H15AsBrClN3O2. The number of carbonyl (C=O) groups excluding carboxylic acids is 1. The molecule has 0 aliphatic carbocycles. The summed E-state index contributed by atoms with van der Waals surface area (Å²) >= 11 is 9.22. The SMILES string of the molecule is CCc1nn(-c2ccncc2)c([As]c2ccc(Cl)cc2C(=O)OC)c1Br. The zero-order chi connectivity index (χ0) is 18.7. The summed E-state index contributed by atoms with van der Waals surface area (Å²) in [6, 6.07) is 9.15. The Morgan fingerprint density at radius 2 is 2.04 bits per heavy atom. The molecule has 0 fully saturated rings. The first-order chi connectivity index (χ1) is 12.5. The van der Waals surface area contributed by atoms with E-state index in [0.717, 1.165) is 31.1 Å². The Morgan fingerprint density at radius 3 is 2.69 bits per heavy atom. The maximum atomic E-state index is 12.2. The molecule has 2 heterocycles. The van der Waals surface area contributed by atoms with Gasteiger partial charge in [-0.25, -0.2) is 0 Å². The van der Waals surface area contributed by atoms with Crippen molar-refractivity contribution in [3.8, 4) is 5.69 Å². The van der Waals surface area contributed by atoms with Crippen LogP contribution in [0.15, 0.2) is 47.2 Å². The molecule has 1 aromatic carbocycles. The van der Waals surface area contributed by atoms with Gasteiger partial charge in [-0.3, -0.25) is 0 Å². The quantitative estimate of drug-likeness (QED) is 0.404. The topological polar surface area (TPSA) is 57.0 Å². The zero-order valence-corrected chi connectivity index (χ0v) is 18.3. The predicted octanol–water partition coefficient (Wildman–Crippen LogP) is 2.69. The van der Waals surface area contributed by atoms with Crippen LogP contribution in [-0.4, -0.2) is 43.6 Å². The molecule has 2 aromatic heterocycles. The minimum absolute atomic E-state index is 0.389. The Kier molecular flexibility index (Phi) is 6.17. The first-order valence-electron chi connectivity index (χ1n) is 7.82. The monoisotopic (exact) mass is 494 g/mol. The van der Waals surface area contributed by atoms with Crippen LogP contribution in [0.5, 0.6) is 0 Å². The Hall–Kier alpha value is -1.62. The van der Waals surface area contributed by atoms with Crippen LogP contribution in [0, 0.1) is 0 Å². The molecule has 0 saturated heterocycles. The third-order valence-electron chi connectivity index (χ3n) is 3.70. The Labute approximate surface area is 171 Å². The number of aryl methyl sites for hydroxylation is 1. The number of benzene rings is 1. The summed E-state index contributed by atoms with van der Waals surface area (Å²) < 4.78 is 9.76. The zero-order valence-electron chi connectivity index (χ0n) is 14.1. The molecule has 0 aliphatic heterocycles. The fourth-order valence-corrected chi connectivity index (χ4v) is 5.96. The third-order valence-corrected chi connectivity index (χ3v) is 8.07. The standard InChI is InChI=1S/C18H15AsBrClN3O2/c1-3-15-16(20)17(24(23-15)12-6-8-22-9-7-12)19-14-5-4-11(21)10-13(14)18(25)26-2/h4-10H,3H2,1-2H3. The van der Waals surface area contributed by atoms with Gasteiger partial charge in [0.25, 0.3) is 0 Å². The average molecular weight is 496 g/mol. The van der Waals surface area contributed by atoms with Gasteiger partial charge in [0.2, 0.25) is 0 Å². The van der Waals surface area contributed by atoms with E-state index in [-0.39, 0.29) is 5.97 Å². The third kappa shape index (κ3) is 3.87. The number of esters is 1. The van der Waals surface area contributed by atoms with Gasteiger partial charge in [-0.2, -0.15) is 0 Å². The summed E-state index contributed by atoms with van der Waals surface area (Å²) in [5.74, 6) is -0.389. The summed E-state index contributed by atoms with van der Waals surface area (Å²) in [5, 5.41) is 5.24. The molecule has 0 unspecified atom stereocenters. The van der Waals surface area contributed by atoms with Crippen LogP contribution in [0.1, 0.15) is 23.0 Å². The number of aromatic nitrogens is 3. The predicted molar refractivity (Wildman–Crippen MR) is 106 cm³/mol. The molecule has 0 N–H and O–H groups in total. The average Bonchev–Trinajstić information content (AvgIpc) is 2.99. The number of hydrogen-bond acceptors (Lipinski definition) is 4. The van der Waals surface area contributed by atoms with Crippen molar-refractivity contribution in [1.82, 2.24) is 14.8 Å². The summed E-state index contributed by atoms with van der Waals surface area (Å²) in [5.41, 5.74) is 2.40. The van der Waals surface area contributed by atoms with Gasteiger partial charge < -0.3 is 0 Å². The summed E-state index contributed by atoms with van der Waals surface area (Å²) in [4.78, 5) is 16.2. The molecule has 133 valence electrons. The van der Waals surface area contributed by atoms with E-state index in [0.29, 0.717) is 10.6 Å². The first kappa shape index (κ1) is 19.1. The van der Waals surface area contributed by atoms with Crippen LogP contribution in [0.2, 0.25) is 5.02 Å². The number of halogens is 2. The van der Waals surface area contributed by atoms with E-state index in [1.165, 1.54) is 7.11 Å². The summed E-state index contributed by atoms with van der Waals surface area (Å²) in [6.07, 6.45) is 4.27. The second kappa shape index (κ2) is 8.38. The van der Waals surface area contributed by atoms with Crippen LogP contribution in [0.25, 0.3) is 5.69 Å². The molecule has 0 spiro atoms. The van der Waals surface area contributed by atoms with Crippen molar-refractivity contribution in [1.29, 1.82) is 0 Å². The van der Waals surface area contributed by atoms with Gasteiger partial charge in [0.05, 0.1) is 0 Å². The molecule has 0 bridgehead atoms. The molecule has 0 aliphatic rings. The van der Waals surface area contributed by atoms with E-state index in [1.807, 2.05) is 22.9 Å². The van der Waals surface area contributed by atoms with Crippen molar-refractivity contribution in [3.63, 3.8) is 0 Å². The van der Waals surface area contributed by atoms with Crippen molar-refractivity contribution in [2.24, 2.45) is 0 Å². The first-order valence-corrected chi connectivity index (χ1v) is 10.9. The summed E-state index contributed by atoms with van der Waals surface area (Å²) in [6.45, 7) is 2.06. The van der Waals surface area contributed by atoms with Crippen LogP contribution >= 0.6 is 27.5 Å². The van der Waals surface area contributed by atoms with Crippen LogP contribution in [0.4, 0.5) is 0 Å². The molecule has 0 atom stereocenters. The van der Waals surface area contributed by atoms with E-state index < -0.39 is 15.8 Å². The Balaban J connectivity index is 2.11. The van der Waals surface area contributed by atoms with Crippen LogP contribution < -0.4 is 8.83 Å². The van der Waals surface area contributed by atoms with Crippen LogP contribution in [-0.2, 0) is 11.2 Å². The van der Waals surface area contributed by atoms with Gasteiger partial charge >= 0.3 is 172 Å². The molecule has 8 heteroatoms. The molecule has 26 heavy (non-hydrogen) atoms. The second-order valence-electron chi connectivity index (χ2n) is 5.32. The fraction of sp³-hybridized carbons (Fsp3) is 0.167. The summed E-state index contributed by atoms with van der Waals surface area (Å²) in [7, 11) is 1.37. The molecular weight excluding hydrogens is 480 g/mol. The van der Waals surface area contributed by atoms with Gasteiger partial charge in [0.15, 0.2) is 0 Å². The molecule has 1 radical (unpaired) electrons. The van der Waals surface area contributed by atoms with E-state index >= 15 is 0 Å². The van der Waals surface area contributed by atoms with Gasteiger partial charge in [-0.1, -0.05) is 0 Å². The van der Waals surface area contributed by atoms with Crippen molar-refractivity contribution in [3.05, 3.63) is 63.5 Å². The second-order valence-corrected chi connectivity index (χ2v) is 8.92. The number of hydrogen-bond donors (Lipinski definition) is 0. The normalized spacial score (nSPS) is 11.2. The molecule has 5 nitrogen and oxygen atoms in total. The molecule has 0 amide bonds. The van der Waals surface area contributed by atoms with E-state index in [1.54, 1.807) is 24.5 Å². The number of ether oxygens (including phenoxy) is 1. The van der Waals surface area contributed by atoms with Crippen molar-refractivity contribution < 1.29 is 9.53 Å². The molecule has 3 rings (SSSR count).